The molecule has 0 spiro atoms. The van der Waals surface area contributed by atoms with E-state index < -0.39 is 0 Å². The number of ketones is 1. The Bertz CT molecular complexity index is 902. The van der Waals surface area contributed by atoms with Gasteiger partial charge in [-0.05, 0) is 30.3 Å². The number of carbonyl (C=O) groups is 1. The molecule has 1 aromatic carbocycles. The van der Waals surface area contributed by atoms with E-state index in [-0.39, 0.29) is 5.78 Å². The fourth-order valence-electron chi connectivity index (χ4n) is 2.61. The molecule has 3 aromatic rings. The van der Waals surface area contributed by atoms with Crippen LogP contribution in [0.3, 0.4) is 0 Å². The SMILES string of the molecule is CCC(=O)c1cn(-c2ccc(OCCN)cc2)c(-c2ccc(OC)nc2)n1. The van der Waals surface area contributed by atoms with Crippen LogP contribution in [0.25, 0.3) is 17.1 Å². The Kier molecular flexibility index (Phi) is 5.83. The van der Waals surface area contributed by atoms with Crippen molar-refractivity contribution in [3.8, 4) is 28.7 Å². The molecule has 0 saturated heterocycles. The molecule has 0 amide bonds. The first kappa shape index (κ1) is 18.6. The van der Waals surface area contributed by atoms with E-state index in [1.54, 1.807) is 25.6 Å². The number of nitrogens with two attached hydrogens (primary N) is 1. The summed E-state index contributed by atoms with van der Waals surface area (Å²) in [6, 6.07) is 11.2. The molecule has 0 radical (unpaired) electrons. The molecule has 2 aromatic heterocycles. The lowest BCUT2D eigenvalue weighted by Gasteiger charge is -2.10. The molecule has 0 aliphatic carbocycles. The van der Waals surface area contributed by atoms with Crippen LogP contribution in [0.2, 0.25) is 0 Å². The molecule has 27 heavy (non-hydrogen) atoms. The molecule has 140 valence electrons. The lowest BCUT2D eigenvalue weighted by molar-refractivity contribution is 0.0984. The summed E-state index contributed by atoms with van der Waals surface area (Å²) in [7, 11) is 1.56. The summed E-state index contributed by atoms with van der Waals surface area (Å²) in [6.07, 6.45) is 3.82. The zero-order valence-electron chi connectivity index (χ0n) is 15.4. The third-order valence-electron chi connectivity index (χ3n) is 4.02. The molecule has 2 N–H and O–H groups in total. The summed E-state index contributed by atoms with van der Waals surface area (Å²) in [6.45, 7) is 2.74. The van der Waals surface area contributed by atoms with Crippen molar-refractivity contribution in [2.24, 2.45) is 5.73 Å². The number of pyridine rings is 1. The number of ether oxygens (including phenoxy) is 2. The van der Waals surface area contributed by atoms with Crippen LogP contribution in [-0.4, -0.2) is 40.6 Å². The van der Waals surface area contributed by atoms with Crippen molar-refractivity contribution in [3.63, 3.8) is 0 Å². The largest absolute Gasteiger partial charge is 0.492 e. The molecular formula is C20H22N4O3. The van der Waals surface area contributed by atoms with Crippen LogP contribution in [0.4, 0.5) is 0 Å². The minimum absolute atomic E-state index is 0.0145. The van der Waals surface area contributed by atoms with Gasteiger partial charge in [0.25, 0.3) is 0 Å². The number of nitrogens with zero attached hydrogens (tertiary/aromatic N) is 3. The van der Waals surface area contributed by atoms with Crippen molar-refractivity contribution in [2.45, 2.75) is 13.3 Å². The molecule has 0 aliphatic heterocycles. The Balaban J connectivity index is 2.01. The normalized spacial score (nSPS) is 10.6. The van der Waals surface area contributed by atoms with E-state index in [2.05, 4.69) is 9.97 Å². The maximum absolute atomic E-state index is 12.2. The van der Waals surface area contributed by atoms with Gasteiger partial charge in [0.15, 0.2) is 5.78 Å². The van der Waals surface area contributed by atoms with Gasteiger partial charge in [0.2, 0.25) is 5.88 Å². The van der Waals surface area contributed by atoms with E-state index in [4.69, 9.17) is 15.2 Å². The van der Waals surface area contributed by atoms with E-state index in [1.165, 1.54) is 0 Å². The monoisotopic (exact) mass is 366 g/mol. The molecule has 0 bridgehead atoms. The zero-order chi connectivity index (χ0) is 19.2. The maximum atomic E-state index is 12.2. The van der Waals surface area contributed by atoms with Gasteiger partial charge in [-0.25, -0.2) is 9.97 Å². The molecule has 0 atom stereocenters. The summed E-state index contributed by atoms with van der Waals surface area (Å²) < 4.78 is 12.5. The number of rotatable bonds is 8. The van der Waals surface area contributed by atoms with Gasteiger partial charge in [-0.3, -0.25) is 9.36 Å². The van der Waals surface area contributed by atoms with Crippen LogP contribution in [0.15, 0.2) is 48.8 Å². The van der Waals surface area contributed by atoms with Crippen LogP contribution in [0.1, 0.15) is 23.8 Å². The third kappa shape index (κ3) is 4.15. The number of aromatic nitrogens is 3. The van der Waals surface area contributed by atoms with Crippen LogP contribution >= 0.6 is 0 Å². The van der Waals surface area contributed by atoms with Crippen molar-refractivity contribution in [1.29, 1.82) is 0 Å². The van der Waals surface area contributed by atoms with Crippen molar-refractivity contribution in [3.05, 3.63) is 54.5 Å². The van der Waals surface area contributed by atoms with Gasteiger partial charge in [-0.15, -0.1) is 0 Å². The van der Waals surface area contributed by atoms with Crippen molar-refractivity contribution in [1.82, 2.24) is 14.5 Å². The van der Waals surface area contributed by atoms with Gasteiger partial charge in [0, 0.05) is 42.7 Å². The second-order valence-electron chi connectivity index (χ2n) is 5.82. The van der Waals surface area contributed by atoms with E-state index in [0.717, 1.165) is 17.0 Å². The van der Waals surface area contributed by atoms with Gasteiger partial charge in [-0.2, -0.15) is 0 Å². The first-order valence-electron chi connectivity index (χ1n) is 8.72. The summed E-state index contributed by atoms with van der Waals surface area (Å²) >= 11 is 0. The van der Waals surface area contributed by atoms with Gasteiger partial charge in [0.05, 0.1) is 7.11 Å². The standard InChI is InChI=1S/C20H22N4O3/c1-3-18(25)17-13-24(15-5-7-16(8-6-15)27-11-10-21)20(23-17)14-4-9-19(26-2)22-12-14/h4-9,12-13H,3,10-11,21H2,1-2H3. The van der Waals surface area contributed by atoms with E-state index in [9.17, 15) is 4.79 Å². The Hall–Kier alpha value is -3.19. The predicted molar refractivity (Wildman–Crippen MR) is 103 cm³/mol. The highest BCUT2D eigenvalue weighted by atomic mass is 16.5. The van der Waals surface area contributed by atoms with Crippen LogP contribution in [0.5, 0.6) is 11.6 Å². The molecule has 2 heterocycles. The molecule has 0 unspecified atom stereocenters. The summed E-state index contributed by atoms with van der Waals surface area (Å²) in [5.41, 5.74) is 7.54. The van der Waals surface area contributed by atoms with E-state index >= 15 is 0 Å². The number of hydrogen-bond donors (Lipinski definition) is 1. The van der Waals surface area contributed by atoms with Crippen molar-refractivity contribution >= 4 is 5.78 Å². The molecule has 7 nitrogen and oxygen atoms in total. The van der Waals surface area contributed by atoms with Crippen LogP contribution < -0.4 is 15.2 Å². The fraction of sp³-hybridized carbons (Fsp3) is 0.250. The minimum Gasteiger partial charge on any atom is -0.492 e. The highest BCUT2D eigenvalue weighted by Gasteiger charge is 2.16. The maximum Gasteiger partial charge on any atom is 0.212 e. The number of methoxy groups -OCH3 is 1. The summed E-state index contributed by atoms with van der Waals surface area (Å²) in [4.78, 5) is 20.9. The number of carbonyl (C=O) groups excluding carboxylic acids is 1. The van der Waals surface area contributed by atoms with E-state index in [1.807, 2.05) is 41.8 Å². The summed E-state index contributed by atoms with van der Waals surface area (Å²) in [5, 5.41) is 0. The second kappa shape index (κ2) is 8.46. The Morgan fingerprint density at radius 1 is 1.19 bits per heavy atom. The van der Waals surface area contributed by atoms with Gasteiger partial charge in [-0.1, -0.05) is 6.92 Å². The van der Waals surface area contributed by atoms with E-state index in [0.29, 0.717) is 37.0 Å². The van der Waals surface area contributed by atoms with Crippen LogP contribution in [-0.2, 0) is 0 Å². The Morgan fingerprint density at radius 2 is 1.96 bits per heavy atom. The molecule has 7 heteroatoms. The molecule has 0 aliphatic rings. The topological polar surface area (TPSA) is 92.3 Å². The van der Waals surface area contributed by atoms with Gasteiger partial charge in [0.1, 0.15) is 23.9 Å². The smallest absolute Gasteiger partial charge is 0.212 e. The predicted octanol–water partition coefficient (Wildman–Crippen LogP) is 2.87. The lowest BCUT2D eigenvalue weighted by Crippen LogP contribution is -2.10. The molecule has 0 fully saturated rings. The van der Waals surface area contributed by atoms with Crippen molar-refractivity contribution in [2.75, 3.05) is 20.3 Å². The second-order valence-corrected chi connectivity index (χ2v) is 5.82. The average Bonchev–Trinajstić information content (AvgIpc) is 3.17. The highest BCUT2D eigenvalue weighted by Crippen LogP contribution is 2.25. The van der Waals surface area contributed by atoms with Crippen molar-refractivity contribution < 1.29 is 14.3 Å². The Morgan fingerprint density at radius 3 is 2.56 bits per heavy atom. The number of Topliss-reactive ketones (excluding diaryl/α,β-unsaturated/α-hetero) is 1. The highest BCUT2D eigenvalue weighted by molar-refractivity contribution is 5.94. The number of benzene rings is 1. The first-order valence-corrected chi connectivity index (χ1v) is 8.72. The average molecular weight is 366 g/mol. The first-order chi connectivity index (χ1) is 13.2. The molecule has 3 rings (SSSR count). The minimum atomic E-state index is -0.0145. The lowest BCUT2D eigenvalue weighted by atomic mass is 10.2. The molecular weight excluding hydrogens is 344 g/mol. The quantitative estimate of drug-likeness (QED) is 0.616. The Labute approximate surface area is 157 Å². The fourth-order valence-corrected chi connectivity index (χ4v) is 2.61. The van der Waals surface area contributed by atoms with Gasteiger partial charge < -0.3 is 15.2 Å². The number of hydrogen-bond acceptors (Lipinski definition) is 6. The zero-order valence-corrected chi connectivity index (χ0v) is 15.4. The third-order valence-corrected chi connectivity index (χ3v) is 4.02. The summed E-state index contributed by atoms with van der Waals surface area (Å²) in [5.74, 6) is 1.88. The van der Waals surface area contributed by atoms with Crippen LogP contribution in [0, 0.1) is 0 Å². The number of imidazole rings is 1. The van der Waals surface area contributed by atoms with Gasteiger partial charge >= 0.3 is 0 Å². The molecule has 0 saturated carbocycles.